The number of hydrogen-bond acceptors (Lipinski definition) is 3. The van der Waals surface area contributed by atoms with Gasteiger partial charge in [0, 0.05) is 38.4 Å². The highest BCUT2D eigenvalue weighted by molar-refractivity contribution is 9.10. The summed E-state index contributed by atoms with van der Waals surface area (Å²) < 4.78 is 0.954. The number of nitrogens with zero attached hydrogens (tertiary/aromatic N) is 2. The Kier molecular flexibility index (Phi) is 3.45. The van der Waals surface area contributed by atoms with Crippen molar-refractivity contribution < 1.29 is 0 Å². The van der Waals surface area contributed by atoms with Gasteiger partial charge in [0.1, 0.15) is 4.60 Å². The Morgan fingerprint density at radius 2 is 2.12 bits per heavy atom. The van der Waals surface area contributed by atoms with Gasteiger partial charge in [0.2, 0.25) is 0 Å². The zero-order valence-corrected chi connectivity index (χ0v) is 11.5. The van der Waals surface area contributed by atoms with Crippen molar-refractivity contribution in [3.05, 3.63) is 28.5 Å². The molecule has 3 rings (SSSR count). The maximum Gasteiger partial charge on any atom is 0.106 e. The maximum atomic E-state index is 4.23. The van der Waals surface area contributed by atoms with Gasteiger partial charge >= 0.3 is 0 Å². The van der Waals surface area contributed by atoms with Crippen LogP contribution in [0.4, 0.5) is 0 Å². The third-order valence-electron chi connectivity index (χ3n) is 3.71. The van der Waals surface area contributed by atoms with Crippen molar-refractivity contribution >= 4 is 15.9 Å². The minimum atomic E-state index is 0.608. The fourth-order valence-electron chi connectivity index (χ4n) is 2.75. The minimum Gasteiger partial charge on any atom is -0.314 e. The predicted molar refractivity (Wildman–Crippen MR) is 71.8 cm³/mol. The first-order valence-electron chi connectivity index (χ1n) is 6.41. The van der Waals surface area contributed by atoms with Crippen LogP contribution in [0, 0.1) is 5.92 Å². The van der Waals surface area contributed by atoms with Crippen molar-refractivity contribution in [2.75, 3.05) is 26.2 Å². The maximum absolute atomic E-state index is 4.23. The molecule has 1 N–H and O–H groups in total. The van der Waals surface area contributed by atoms with Crippen LogP contribution in [0.5, 0.6) is 0 Å². The zero-order valence-electron chi connectivity index (χ0n) is 9.90. The van der Waals surface area contributed by atoms with Gasteiger partial charge in [-0.1, -0.05) is 0 Å². The second kappa shape index (κ2) is 5.04. The summed E-state index contributed by atoms with van der Waals surface area (Å²) in [6.45, 7) is 4.58. The molecular formula is C13H18BrN3. The van der Waals surface area contributed by atoms with Gasteiger partial charge in [-0.15, -0.1) is 0 Å². The van der Waals surface area contributed by atoms with Crippen molar-refractivity contribution in [1.82, 2.24) is 15.2 Å². The Balaban J connectivity index is 1.83. The Hall–Kier alpha value is -0.450. The van der Waals surface area contributed by atoms with Crippen molar-refractivity contribution in [1.29, 1.82) is 0 Å². The summed E-state index contributed by atoms with van der Waals surface area (Å²) in [6.07, 6.45) is 4.68. The lowest BCUT2D eigenvalue weighted by Gasteiger charge is -2.35. The highest BCUT2D eigenvalue weighted by atomic mass is 79.9. The lowest BCUT2D eigenvalue weighted by molar-refractivity contribution is 0.156. The van der Waals surface area contributed by atoms with E-state index in [1.807, 2.05) is 6.20 Å². The topological polar surface area (TPSA) is 28.2 Å². The van der Waals surface area contributed by atoms with Gasteiger partial charge in [-0.25, -0.2) is 4.98 Å². The number of piperazine rings is 1. The largest absolute Gasteiger partial charge is 0.314 e. The van der Waals surface area contributed by atoms with E-state index in [1.165, 1.54) is 31.5 Å². The predicted octanol–water partition coefficient (Wildman–Crippen LogP) is 2.20. The molecule has 0 aromatic carbocycles. The van der Waals surface area contributed by atoms with Crippen molar-refractivity contribution in [2.24, 2.45) is 5.92 Å². The summed E-state index contributed by atoms with van der Waals surface area (Å²) in [5, 5.41) is 3.43. The van der Waals surface area contributed by atoms with Gasteiger partial charge in [0.05, 0.1) is 0 Å². The average Bonchev–Trinajstić information content (AvgIpc) is 3.15. The molecule has 1 saturated carbocycles. The number of halogens is 1. The molecule has 4 heteroatoms. The van der Waals surface area contributed by atoms with E-state index >= 15 is 0 Å². The molecule has 1 aromatic rings. The lowest BCUT2D eigenvalue weighted by atomic mass is 10.0. The molecule has 1 saturated heterocycles. The second-order valence-corrected chi connectivity index (χ2v) is 5.79. The number of nitrogens with one attached hydrogen (secondary N) is 1. The molecule has 0 amide bonds. The number of hydrogen-bond donors (Lipinski definition) is 1. The SMILES string of the molecule is Brc1cc([C@@H](C2CC2)N2CCNCC2)ccn1. The highest BCUT2D eigenvalue weighted by Gasteiger charge is 2.36. The normalized spacial score (nSPS) is 23.6. The first-order chi connectivity index (χ1) is 8.34. The average molecular weight is 296 g/mol. The summed E-state index contributed by atoms with van der Waals surface area (Å²) in [5.41, 5.74) is 1.43. The summed E-state index contributed by atoms with van der Waals surface area (Å²) in [4.78, 5) is 6.87. The molecule has 0 bridgehead atoms. The Bertz CT molecular complexity index is 386. The molecule has 0 spiro atoms. The molecule has 17 heavy (non-hydrogen) atoms. The van der Waals surface area contributed by atoms with E-state index in [0.717, 1.165) is 23.6 Å². The number of aromatic nitrogens is 1. The van der Waals surface area contributed by atoms with E-state index in [2.05, 4.69) is 43.3 Å². The van der Waals surface area contributed by atoms with Gasteiger partial charge in [-0.05, 0) is 52.4 Å². The molecule has 1 aliphatic heterocycles. The molecular weight excluding hydrogens is 278 g/mol. The van der Waals surface area contributed by atoms with Crippen molar-refractivity contribution in [3.8, 4) is 0 Å². The van der Waals surface area contributed by atoms with Gasteiger partial charge in [0.25, 0.3) is 0 Å². The van der Waals surface area contributed by atoms with E-state index in [9.17, 15) is 0 Å². The molecule has 2 heterocycles. The Labute approximate surface area is 111 Å². The van der Waals surface area contributed by atoms with Crippen LogP contribution in [0.3, 0.4) is 0 Å². The van der Waals surface area contributed by atoms with E-state index < -0.39 is 0 Å². The van der Waals surface area contributed by atoms with Gasteiger partial charge in [-0.2, -0.15) is 0 Å². The fourth-order valence-corrected chi connectivity index (χ4v) is 3.14. The second-order valence-electron chi connectivity index (χ2n) is 4.98. The molecule has 1 aliphatic carbocycles. The van der Waals surface area contributed by atoms with Crippen LogP contribution in [0.25, 0.3) is 0 Å². The highest BCUT2D eigenvalue weighted by Crippen LogP contribution is 2.44. The standard InChI is InChI=1S/C13H18BrN3/c14-12-9-11(3-4-16-12)13(10-1-2-10)17-7-5-15-6-8-17/h3-4,9-10,13,15H,1-2,5-8H2/t13-/m1/s1. The van der Waals surface area contributed by atoms with Gasteiger partial charge < -0.3 is 5.32 Å². The van der Waals surface area contributed by atoms with Crippen LogP contribution >= 0.6 is 15.9 Å². The molecule has 2 fully saturated rings. The number of rotatable bonds is 3. The third-order valence-corrected chi connectivity index (χ3v) is 4.14. The minimum absolute atomic E-state index is 0.608. The fraction of sp³-hybridized carbons (Fsp3) is 0.615. The van der Waals surface area contributed by atoms with E-state index in [1.54, 1.807) is 0 Å². The van der Waals surface area contributed by atoms with Crippen molar-refractivity contribution in [3.63, 3.8) is 0 Å². The summed E-state index contributed by atoms with van der Waals surface area (Å²) in [5.74, 6) is 0.863. The van der Waals surface area contributed by atoms with Gasteiger partial charge in [0.15, 0.2) is 0 Å². The smallest absolute Gasteiger partial charge is 0.106 e. The van der Waals surface area contributed by atoms with Crippen LogP contribution in [0.1, 0.15) is 24.4 Å². The van der Waals surface area contributed by atoms with E-state index in [-0.39, 0.29) is 0 Å². The molecule has 1 aromatic heterocycles. The molecule has 92 valence electrons. The van der Waals surface area contributed by atoms with E-state index in [0.29, 0.717) is 6.04 Å². The quantitative estimate of drug-likeness (QED) is 0.867. The molecule has 2 aliphatic rings. The van der Waals surface area contributed by atoms with Crippen LogP contribution in [0.2, 0.25) is 0 Å². The molecule has 0 radical (unpaired) electrons. The monoisotopic (exact) mass is 295 g/mol. The first kappa shape index (κ1) is 11.6. The Morgan fingerprint density at radius 1 is 1.35 bits per heavy atom. The van der Waals surface area contributed by atoms with Crippen LogP contribution in [-0.4, -0.2) is 36.1 Å². The van der Waals surface area contributed by atoms with Crippen LogP contribution in [0.15, 0.2) is 22.9 Å². The van der Waals surface area contributed by atoms with Crippen LogP contribution < -0.4 is 5.32 Å². The lowest BCUT2D eigenvalue weighted by Crippen LogP contribution is -2.45. The third kappa shape index (κ3) is 2.69. The molecule has 0 unspecified atom stereocenters. The van der Waals surface area contributed by atoms with Crippen LogP contribution in [-0.2, 0) is 0 Å². The first-order valence-corrected chi connectivity index (χ1v) is 7.20. The molecule has 3 nitrogen and oxygen atoms in total. The van der Waals surface area contributed by atoms with Crippen molar-refractivity contribution in [2.45, 2.75) is 18.9 Å². The summed E-state index contributed by atoms with van der Waals surface area (Å²) in [7, 11) is 0. The Morgan fingerprint density at radius 3 is 2.76 bits per heavy atom. The summed E-state index contributed by atoms with van der Waals surface area (Å²) in [6, 6.07) is 4.97. The summed E-state index contributed by atoms with van der Waals surface area (Å²) >= 11 is 3.48. The number of pyridine rings is 1. The van der Waals surface area contributed by atoms with Gasteiger partial charge in [-0.3, -0.25) is 4.90 Å². The molecule has 1 atom stereocenters. The zero-order chi connectivity index (χ0) is 11.7. The van der Waals surface area contributed by atoms with E-state index in [4.69, 9.17) is 0 Å².